The van der Waals surface area contributed by atoms with E-state index in [0.29, 0.717) is 0 Å². The zero-order chi connectivity index (χ0) is 9.35. The maximum Gasteiger partial charge on any atom is 0.198 e. The van der Waals surface area contributed by atoms with E-state index in [2.05, 4.69) is 4.98 Å². The van der Waals surface area contributed by atoms with Crippen LogP contribution in [0.25, 0.3) is 0 Å². The van der Waals surface area contributed by atoms with Crippen molar-refractivity contribution in [3.63, 3.8) is 0 Å². The molecule has 0 fully saturated rings. The maximum atomic E-state index is 11.4. The van der Waals surface area contributed by atoms with Crippen LogP contribution in [0, 0.1) is 0 Å². The Balaban J connectivity index is 3.15. The van der Waals surface area contributed by atoms with Crippen molar-refractivity contribution in [3.8, 4) is 0 Å². The third kappa shape index (κ3) is 1.59. The third-order valence-electron chi connectivity index (χ3n) is 1.41. The molecule has 0 atom stereocenters. The minimum atomic E-state index is -3.24. The molecule has 1 rings (SSSR count). The van der Waals surface area contributed by atoms with E-state index < -0.39 is 15.1 Å². The predicted octanol–water partition coefficient (Wildman–Crippen LogP) is 0.907. The highest BCUT2D eigenvalue weighted by Gasteiger charge is 2.21. The van der Waals surface area contributed by atoms with E-state index in [9.17, 15) is 8.42 Å². The van der Waals surface area contributed by atoms with E-state index >= 15 is 0 Å². The van der Waals surface area contributed by atoms with E-state index in [0.717, 1.165) is 11.3 Å². The van der Waals surface area contributed by atoms with Crippen LogP contribution in [0.5, 0.6) is 0 Å². The molecule has 2 N–H and O–H groups in total. The van der Waals surface area contributed by atoms with Gasteiger partial charge in [0.15, 0.2) is 20.0 Å². The lowest BCUT2D eigenvalue weighted by atomic mass is 10.6. The fraction of sp³-hybridized carbons (Fsp3) is 0.500. The van der Waals surface area contributed by atoms with Crippen LogP contribution in [0.4, 0.5) is 5.13 Å². The summed E-state index contributed by atoms with van der Waals surface area (Å²) in [7, 11) is -3.24. The highest BCUT2D eigenvalue weighted by atomic mass is 32.2. The Morgan fingerprint density at radius 1 is 1.58 bits per heavy atom. The van der Waals surface area contributed by atoms with Crippen LogP contribution in [-0.2, 0) is 9.84 Å². The molecule has 1 aromatic heterocycles. The fourth-order valence-electron chi connectivity index (χ4n) is 0.644. The van der Waals surface area contributed by atoms with Gasteiger partial charge in [0, 0.05) is 5.38 Å². The standard InChI is InChI=1S/C6H10N2O2S2/c1-4(2)12(9,10)5-3-11-6(7)8-5/h3-4H,1-2H3,(H2,7,8). The quantitative estimate of drug-likeness (QED) is 0.780. The molecule has 6 heteroatoms. The number of nitrogens with two attached hydrogens (primary N) is 1. The lowest BCUT2D eigenvalue weighted by molar-refractivity contribution is 0.584. The van der Waals surface area contributed by atoms with E-state index in [1.807, 2.05) is 0 Å². The van der Waals surface area contributed by atoms with Gasteiger partial charge in [0.2, 0.25) is 0 Å². The molecule has 0 bridgehead atoms. The molecule has 68 valence electrons. The van der Waals surface area contributed by atoms with Crippen molar-refractivity contribution >= 4 is 26.3 Å². The molecule has 4 nitrogen and oxygen atoms in total. The number of hydrogen-bond donors (Lipinski definition) is 1. The molecule has 1 heterocycles. The maximum absolute atomic E-state index is 11.4. The number of rotatable bonds is 2. The molecule has 0 saturated heterocycles. The second kappa shape index (κ2) is 3.02. The lowest BCUT2D eigenvalue weighted by Gasteiger charge is -2.02. The number of hydrogen-bond acceptors (Lipinski definition) is 5. The van der Waals surface area contributed by atoms with Gasteiger partial charge < -0.3 is 5.73 Å². The summed E-state index contributed by atoms with van der Waals surface area (Å²) >= 11 is 1.14. The van der Waals surface area contributed by atoms with Gasteiger partial charge in [-0.3, -0.25) is 0 Å². The normalized spacial score (nSPS) is 12.2. The zero-order valence-electron chi connectivity index (χ0n) is 6.81. The van der Waals surface area contributed by atoms with Crippen molar-refractivity contribution in [2.75, 3.05) is 5.73 Å². The van der Waals surface area contributed by atoms with E-state index in [4.69, 9.17) is 5.73 Å². The van der Waals surface area contributed by atoms with E-state index in [1.165, 1.54) is 5.38 Å². The van der Waals surface area contributed by atoms with Gasteiger partial charge in [-0.25, -0.2) is 13.4 Å². The first kappa shape index (κ1) is 9.47. The van der Waals surface area contributed by atoms with E-state index in [1.54, 1.807) is 13.8 Å². The summed E-state index contributed by atoms with van der Waals surface area (Å²) in [6, 6.07) is 0. The summed E-state index contributed by atoms with van der Waals surface area (Å²) in [6.45, 7) is 3.23. The van der Waals surface area contributed by atoms with Gasteiger partial charge in [-0.05, 0) is 13.8 Å². The van der Waals surface area contributed by atoms with Crippen molar-refractivity contribution in [2.45, 2.75) is 24.1 Å². The van der Waals surface area contributed by atoms with Crippen LogP contribution in [0.15, 0.2) is 10.4 Å². The van der Waals surface area contributed by atoms with Crippen molar-refractivity contribution in [3.05, 3.63) is 5.38 Å². The van der Waals surface area contributed by atoms with Gasteiger partial charge in [0.25, 0.3) is 0 Å². The molecule has 0 aromatic carbocycles. The summed E-state index contributed by atoms with van der Waals surface area (Å²) < 4.78 is 22.9. The van der Waals surface area contributed by atoms with Crippen molar-refractivity contribution in [2.24, 2.45) is 0 Å². The van der Waals surface area contributed by atoms with E-state index in [-0.39, 0.29) is 10.2 Å². The Bertz CT molecular complexity index is 367. The van der Waals surface area contributed by atoms with Crippen LogP contribution < -0.4 is 5.73 Å². The monoisotopic (exact) mass is 206 g/mol. The molecule has 1 aromatic rings. The molecule has 0 radical (unpaired) electrons. The van der Waals surface area contributed by atoms with Crippen LogP contribution in [0.1, 0.15) is 13.8 Å². The number of sulfone groups is 1. The van der Waals surface area contributed by atoms with Crippen molar-refractivity contribution < 1.29 is 8.42 Å². The van der Waals surface area contributed by atoms with Gasteiger partial charge in [-0.1, -0.05) is 0 Å². The topological polar surface area (TPSA) is 73.0 Å². The highest BCUT2D eigenvalue weighted by molar-refractivity contribution is 7.92. The molecule has 12 heavy (non-hydrogen) atoms. The Kier molecular flexibility index (Phi) is 2.39. The molecular weight excluding hydrogens is 196 g/mol. The molecule has 0 amide bonds. The first-order valence-electron chi connectivity index (χ1n) is 3.39. The van der Waals surface area contributed by atoms with Crippen LogP contribution >= 0.6 is 11.3 Å². The van der Waals surface area contributed by atoms with Gasteiger partial charge in [-0.2, -0.15) is 0 Å². The molecule has 0 saturated carbocycles. The minimum Gasteiger partial charge on any atom is -0.375 e. The van der Waals surface area contributed by atoms with Gasteiger partial charge in [0.1, 0.15) is 0 Å². The molecule has 0 aliphatic rings. The Hall–Kier alpha value is -0.620. The molecule has 0 unspecified atom stereocenters. The number of nitrogen functional groups attached to an aromatic ring is 1. The van der Waals surface area contributed by atoms with Gasteiger partial charge in [0.05, 0.1) is 5.25 Å². The fourth-order valence-corrected chi connectivity index (χ4v) is 2.52. The number of nitrogens with zero attached hydrogens (tertiary/aromatic N) is 1. The van der Waals surface area contributed by atoms with Gasteiger partial charge in [-0.15, -0.1) is 11.3 Å². The number of thiazole rings is 1. The summed E-state index contributed by atoms with van der Waals surface area (Å²) in [5.41, 5.74) is 5.32. The number of anilines is 1. The van der Waals surface area contributed by atoms with Crippen LogP contribution in [-0.4, -0.2) is 18.7 Å². The predicted molar refractivity (Wildman–Crippen MR) is 48.8 cm³/mol. The Morgan fingerprint density at radius 3 is 2.50 bits per heavy atom. The highest BCUT2D eigenvalue weighted by Crippen LogP contribution is 2.19. The van der Waals surface area contributed by atoms with Crippen molar-refractivity contribution in [1.29, 1.82) is 0 Å². The van der Waals surface area contributed by atoms with Crippen LogP contribution in [0.3, 0.4) is 0 Å². The summed E-state index contributed by atoms with van der Waals surface area (Å²) in [4.78, 5) is 3.71. The molecule has 0 spiro atoms. The lowest BCUT2D eigenvalue weighted by Crippen LogP contribution is -2.14. The average molecular weight is 206 g/mol. The third-order valence-corrected chi connectivity index (χ3v) is 4.27. The average Bonchev–Trinajstić information content (AvgIpc) is 2.35. The largest absolute Gasteiger partial charge is 0.375 e. The molecule has 0 aliphatic carbocycles. The zero-order valence-corrected chi connectivity index (χ0v) is 8.45. The smallest absolute Gasteiger partial charge is 0.198 e. The first-order chi connectivity index (χ1) is 5.44. The summed E-state index contributed by atoms with van der Waals surface area (Å²) in [6.07, 6.45) is 0. The second-order valence-corrected chi connectivity index (χ2v) is 5.96. The summed E-state index contributed by atoms with van der Waals surface area (Å²) in [5.74, 6) is 0. The Morgan fingerprint density at radius 2 is 2.17 bits per heavy atom. The SMILES string of the molecule is CC(C)S(=O)(=O)c1csc(N)n1. The van der Waals surface area contributed by atoms with Gasteiger partial charge >= 0.3 is 0 Å². The second-order valence-electron chi connectivity index (χ2n) is 2.62. The Labute approximate surface area is 75.4 Å². The number of aromatic nitrogens is 1. The van der Waals surface area contributed by atoms with Crippen LogP contribution in [0.2, 0.25) is 0 Å². The molecular formula is C6H10N2O2S2. The van der Waals surface area contributed by atoms with Crippen molar-refractivity contribution in [1.82, 2.24) is 4.98 Å². The summed E-state index contributed by atoms with van der Waals surface area (Å²) in [5, 5.41) is 1.39. The minimum absolute atomic E-state index is 0.0833. The first-order valence-corrected chi connectivity index (χ1v) is 5.82. The molecule has 0 aliphatic heterocycles.